The first-order valence-corrected chi connectivity index (χ1v) is 9.86. The molecule has 0 saturated carbocycles. The topological polar surface area (TPSA) is 0 Å². The molecule has 1 unspecified atom stereocenters. The minimum Gasteiger partial charge on any atom is -0.207 e. The third kappa shape index (κ3) is 2.88. The maximum Gasteiger partial charge on any atom is 0.123 e. The Balaban J connectivity index is 2.47. The lowest BCUT2D eigenvalue weighted by Gasteiger charge is -2.30. The second-order valence-corrected chi connectivity index (χ2v) is 11.1. The summed E-state index contributed by atoms with van der Waals surface area (Å²) in [5.74, 6) is -0.166. The van der Waals surface area contributed by atoms with Gasteiger partial charge in [0.2, 0.25) is 0 Å². The summed E-state index contributed by atoms with van der Waals surface area (Å²) >= 11 is 0. The van der Waals surface area contributed by atoms with Crippen molar-refractivity contribution >= 4 is 8.07 Å². The molecule has 0 N–H and O–H groups in total. The van der Waals surface area contributed by atoms with Crippen LogP contribution >= 0.6 is 0 Å². The molecule has 0 aliphatic heterocycles. The molecule has 1 atom stereocenters. The van der Waals surface area contributed by atoms with Gasteiger partial charge in [0.1, 0.15) is 5.82 Å². The van der Waals surface area contributed by atoms with Crippen LogP contribution in [0, 0.1) is 5.82 Å². The molecule has 2 rings (SSSR count). The third-order valence-electron chi connectivity index (χ3n) is 3.20. The third-order valence-corrected chi connectivity index (χ3v) is 5.60. The molecule has 18 heavy (non-hydrogen) atoms. The highest BCUT2D eigenvalue weighted by atomic mass is 28.3. The van der Waals surface area contributed by atoms with E-state index in [1.165, 1.54) is 11.1 Å². The van der Waals surface area contributed by atoms with Crippen molar-refractivity contribution in [3.8, 4) is 0 Å². The number of hydrogen-bond donors (Lipinski definition) is 0. The molecular formula is C16H19FSi. The standard InChI is InChI=1S/C16H19FSi/c1-18(2,3)16(13-7-5-4-6-8-13)14-9-11-15(17)12-10-14/h4-12,16H,1-3H3. The molecular weight excluding hydrogens is 239 g/mol. The molecule has 0 bridgehead atoms. The summed E-state index contributed by atoms with van der Waals surface area (Å²) in [5.41, 5.74) is 2.98. The maximum absolute atomic E-state index is 13.1. The van der Waals surface area contributed by atoms with Crippen molar-refractivity contribution in [1.82, 2.24) is 0 Å². The molecule has 0 spiro atoms. The zero-order chi connectivity index (χ0) is 13.2. The minimum absolute atomic E-state index is 0.166. The van der Waals surface area contributed by atoms with E-state index in [-0.39, 0.29) is 5.82 Å². The van der Waals surface area contributed by atoms with Gasteiger partial charge < -0.3 is 0 Å². The Labute approximate surface area is 109 Å². The first kappa shape index (κ1) is 13.0. The van der Waals surface area contributed by atoms with E-state index in [4.69, 9.17) is 0 Å². The smallest absolute Gasteiger partial charge is 0.123 e. The lowest BCUT2D eigenvalue weighted by atomic mass is 10.0. The molecule has 2 heteroatoms. The minimum atomic E-state index is -1.41. The SMILES string of the molecule is C[Si](C)(C)C(c1ccccc1)c1ccc(F)cc1. The van der Waals surface area contributed by atoms with Crippen molar-refractivity contribution in [2.45, 2.75) is 25.2 Å². The second-order valence-electron chi connectivity index (χ2n) is 5.76. The zero-order valence-electron chi connectivity index (χ0n) is 11.2. The Morgan fingerprint density at radius 1 is 0.778 bits per heavy atom. The van der Waals surface area contributed by atoms with Crippen LogP contribution in [0.15, 0.2) is 54.6 Å². The van der Waals surface area contributed by atoms with Crippen LogP contribution in [0.5, 0.6) is 0 Å². The van der Waals surface area contributed by atoms with Crippen LogP contribution in [0.3, 0.4) is 0 Å². The molecule has 0 aromatic heterocycles. The molecule has 2 aromatic carbocycles. The monoisotopic (exact) mass is 258 g/mol. The summed E-state index contributed by atoms with van der Waals surface area (Å²) in [6, 6.07) is 17.5. The van der Waals surface area contributed by atoms with Crippen molar-refractivity contribution in [1.29, 1.82) is 0 Å². The van der Waals surface area contributed by atoms with Gasteiger partial charge in [-0.05, 0) is 23.3 Å². The summed E-state index contributed by atoms with van der Waals surface area (Å²) < 4.78 is 13.1. The molecule has 0 aliphatic rings. The van der Waals surface area contributed by atoms with Gasteiger partial charge in [-0.25, -0.2) is 4.39 Å². The largest absolute Gasteiger partial charge is 0.207 e. The van der Waals surface area contributed by atoms with Gasteiger partial charge in [-0.2, -0.15) is 0 Å². The van der Waals surface area contributed by atoms with Gasteiger partial charge in [-0.3, -0.25) is 0 Å². The lowest BCUT2D eigenvalue weighted by Crippen LogP contribution is -2.31. The number of rotatable bonds is 3. The average Bonchev–Trinajstić information content (AvgIpc) is 2.32. The van der Waals surface area contributed by atoms with Crippen LogP contribution in [0.25, 0.3) is 0 Å². The molecule has 0 saturated heterocycles. The molecule has 0 radical (unpaired) electrons. The summed E-state index contributed by atoms with van der Waals surface area (Å²) in [7, 11) is -1.41. The van der Waals surface area contributed by atoms with E-state index in [0.29, 0.717) is 5.54 Å². The Bertz CT molecular complexity index is 497. The molecule has 0 fully saturated rings. The van der Waals surface area contributed by atoms with Gasteiger partial charge in [-0.15, -0.1) is 0 Å². The van der Waals surface area contributed by atoms with Gasteiger partial charge in [-0.1, -0.05) is 62.1 Å². The summed E-state index contributed by atoms with van der Waals surface area (Å²) in [5, 5.41) is 0. The fourth-order valence-electron chi connectivity index (χ4n) is 2.49. The van der Waals surface area contributed by atoms with E-state index < -0.39 is 8.07 Å². The zero-order valence-corrected chi connectivity index (χ0v) is 12.2. The van der Waals surface area contributed by atoms with Gasteiger partial charge in [0.25, 0.3) is 0 Å². The van der Waals surface area contributed by atoms with Crippen molar-refractivity contribution in [2.75, 3.05) is 0 Å². The van der Waals surface area contributed by atoms with Crippen molar-refractivity contribution < 1.29 is 4.39 Å². The molecule has 94 valence electrons. The Morgan fingerprint density at radius 2 is 1.28 bits per heavy atom. The molecule has 0 aliphatic carbocycles. The number of halogens is 1. The highest BCUT2D eigenvalue weighted by Gasteiger charge is 2.29. The van der Waals surface area contributed by atoms with E-state index >= 15 is 0 Å². The van der Waals surface area contributed by atoms with E-state index in [0.717, 1.165) is 0 Å². The molecule has 0 heterocycles. The quantitative estimate of drug-likeness (QED) is 0.691. The highest BCUT2D eigenvalue weighted by Crippen LogP contribution is 2.33. The Hall–Kier alpha value is -1.41. The summed E-state index contributed by atoms with van der Waals surface area (Å²) in [6.45, 7) is 7.07. The summed E-state index contributed by atoms with van der Waals surface area (Å²) in [6.07, 6.45) is 0. The van der Waals surface area contributed by atoms with Crippen molar-refractivity contribution in [2.24, 2.45) is 0 Å². The fourth-order valence-corrected chi connectivity index (χ4v) is 4.88. The van der Waals surface area contributed by atoms with Crippen molar-refractivity contribution in [3.63, 3.8) is 0 Å². The fraction of sp³-hybridized carbons (Fsp3) is 0.250. The molecule has 0 nitrogen and oxygen atoms in total. The number of benzene rings is 2. The first-order chi connectivity index (χ1) is 8.48. The van der Waals surface area contributed by atoms with E-state index in [9.17, 15) is 4.39 Å². The normalized spacial score (nSPS) is 13.3. The van der Waals surface area contributed by atoms with E-state index in [1.807, 2.05) is 18.2 Å². The lowest BCUT2D eigenvalue weighted by molar-refractivity contribution is 0.627. The Morgan fingerprint density at radius 3 is 1.78 bits per heavy atom. The Kier molecular flexibility index (Phi) is 3.67. The van der Waals surface area contributed by atoms with Crippen molar-refractivity contribution in [3.05, 3.63) is 71.5 Å². The van der Waals surface area contributed by atoms with E-state index in [1.54, 1.807) is 12.1 Å². The predicted octanol–water partition coefficient (Wildman–Crippen LogP) is 4.84. The van der Waals surface area contributed by atoms with Crippen LogP contribution in [0.1, 0.15) is 16.7 Å². The van der Waals surface area contributed by atoms with Crippen LogP contribution in [-0.4, -0.2) is 8.07 Å². The average molecular weight is 258 g/mol. The van der Waals surface area contributed by atoms with Crippen LogP contribution in [0.4, 0.5) is 4.39 Å². The van der Waals surface area contributed by atoms with Crippen LogP contribution in [-0.2, 0) is 0 Å². The first-order valence-electron chi connectivity index (χ1n) is 6.29. The summed E-state index contributed by atoms with van der Waals surface area (Å²) in [4.78, 5) is 0. The van der Waals surface area contributed by atoms with E-state index in [2.05, 4.69) is 43.9 Å². The van der Waals surface area contributed by atoms with Gasteiger partial charge in [0.15, 0.2) is 0 Å². The molecule has 0 amide bonds. The molecule has 2 aromatic rings. The van der Waals surface area contributed by atoms with Crippen LogP contribution in [0.2, 0.25) is 19.6 Å². The number of hydrogen-bond acceptors (Lipinski definition) is 0. The highest BCUT2D eigenvalue weighted by molar-refractivity contribution is 6.78. The van der Waals surface area contributed by atoms with Gasteiger partial charge >= 0.3 is 0 Å². The predicted molar refractivity (Wildman–Crippen MR) is 78.0 cm³/mol. The maximum atomic E-state index is 13.1. The second kappa shape index (κ2) is 5.07. The van der Waals surface area contributed by atoms with Gasteiger partial charge in [0, 0.05) is 5.54 Å². The van der Waals surface area contributed by atoms with Gasteiger partial charge in [0.05, 0.1) is 8.07 Å². The van der Waals surface area contributed by atoms with Crippen LogP contribution < -0.4 is 0 Å².